The lowest BCUT2D eigenvalue weighted by Gasteiger charge is -2.46. The molecule has 2 heteroatoms. The van der Waals surface area contributed by atoms with E-state index in [-0.39, 0.29) is 6.10 Å². The van der Waals surface area contributed by atoms with Crippen LogP contribution in [0.4, 0.5) is 0 Å². The molecular weight excluding hydrogens is 246 g/mol. The van der Waals surface area contributed by atoms with Crippen LogP contribution in [0.2, 0.25) is 0 Å². The van der Waals surface area contributed by atoms with Crippen LogP contribution in [-0.2, 0) is 0 Å². The average molecular weight is 281 g/mol. The standard InChI is InChI=1S/C18H35NO/c1-13-6-9-15(10-7-13)19(5)16-12-14(18(2,3)4)8-11-17(16)20/h13-17,20H,6-12H2,1-5H3. The van der Waals surface area contributed by atoms with Crippen molar-refractivity contribution in [2.24, 2.45) is 17.3 Å². The number of likely N-dealkylation sites (N-methyl/N-ethyl adjacent to an activating group) is 1. The molecule has 0 saturated heterocycles. The van der Waals surface area contributed by atoms with Gasteiger partial charge in [-0.25, -0.2) is 0 Å². The maximum Gasteiger partial charge on any atom is 0.0695 e. The summed E-state index contributed by atoms with van der Waals surface area (Å²) in [5.74, 6) is 1.65. The van der Waals surface area contributed by atoms with Crippen molar-refractivity contribution in [3.63, 3.8) is 0 Å². The van der Waals surface area contributed by atoms with Crippen molar-refractivity contribution in [2.45, 2.75) is 90.8 Å². The Morgan fingerprint density at radius 2 is 1.55 bits per heavy atom. The summed E-state index contributed by atoms with van der Waals surface area (Å²) in [7, 11) is 2.26. The summed E-state index contributed by atoms with van der Waals surface area (Å²) in [6.07, 6.45) is 8.60. The fourth-order valence-electron chi connectivity index (χ4n) is 4.28. The van der Waals surface area contributed by atoms with Crippen molar-refractivity contribution < 1.29 is 5.11 Å². The minimum absolute atomic E-state index is 0.113. The maximum absolute atomic E-state index is 10.5. The Hall–Kier alpha value is -0.0800. The molecule has 0 aromatic rings. The third-order valence-corrected chi connectivity index (χ3v) is 6.09. The molecule has 2 rings (SSSR count). The number of nitrogens with zero attached hydrogens (tertiary/aromatic N) is 1. The molecule has 20 heavy (non-hydrogen) atoms. The van der Waals surface area contributed by atoms with Gasteiger partial charge in [0.15, 0.2) is 0 Å². The molecule has 0 aromatic heterocycles. The summed E-state index contributed by atoms with van der Waals surface area (Å²) < 4.78 is 0. The molecule has 0 aromatic carbocycles. The molecule has 0 aliphatic heterocycles. The second-order valence-electron chi connectivity index (χ2n) is 8.59. The van der Waals surface area contributed by atoms with Gasteiger partial charge >= 0.3 is 0 Å². The van der Waals surface area contributed by atoms with E-state index in [9.17, 15) is 5.11 Å². The van der Waals surface area contributed by atoms with Crippen molar-refractivity contribution in [2.75, 3.05) is 7.05 Å². The first kappa shape index (κ1) is 16.3. The average Bonchev–Trinajstić information content (AvgIpc) is 2.38. The van der Waals surface area contributed by atoms with Gasteiger partial charge in [-0.05, 0) is 69.2 Å². The Kier molecular flexibility index (Phi) is 5.18. The minimum Gasteiger partial charge on any atom is -0.391 e. The van der Waals surface area contributed by atoms with Crippen LogP contribution in [0.15, 0.2) is 0 Å². The van der Waals surface area contributed by atoms with E-state index in [2.05, 4.69) is 39.6 Å². The molecule has 118 valence electrons. The van der Waals surface area contributed by atoms with Gasteiger partial charge in [0.2, 0.25) is 0 Å². The smallest absolute Gasteiger partial charge is 0.0695 e. The van der Waals surface area contributed by atoms with E-state index in [1.54, 1.807) is 0 Å². The van der Waals surface area contributed by atoms with Crippen molar-refractivity contribution >= 4 is 0 Å². The van der Waals surface area contributed by atoms with Gasteiger partial charge in [0, 0.05) is 12.1 Å². The Labute approximate surface area is 125 Å². The molecule has 0 spiro atoms. The molecule has 2 saturated carbocycles. The van der Waals surface area contributed by atoms with Crippen molar-refractivity contribution in [3.05, 3.63) is 0 Å². The van der Waals surface area contributed by atoms with E-state index in [0.717, 1.165) is 18.3 Å². The second-order valence-corrected chi connectivity index (χ2v) is 8.59. The highest BCUT2D eigenvalue weighted by molar-refractivity contribution is 4.92. The monoisotopic (exact) mass is 281 g/mol. The van der Waals surface area contributed by atoms with Gasteiger partial charge in [-0.3, -0.25) is 4.90 Å². The van der Waals surface area contributed by atoms with Crippen LogP contribution in [0.1, 0.15) is 72.6 Å². The highest BCUT2D eigenvalue weighted by Crippen LogP contribution is 2.40. The fourth-order valence-corrected chi connectivity index (χ4v) is 4.28. The van der Waals surface area contributed by atoms with Gasteiger partial charge in [-0.1, -0.05) is 27.7 Å². The van der Waals surface area contributed by atoms with Crippen LogP contribution in [0.3, 0.4) is 0 Å². The van der Waals surface area contributed by atoms with Gasteiger partial charge in [0.1, 0.15) is 0 Å². The Morgan fingerprint density at radius 3 is 2.10 bits per heavy atom. The summed E-state index contributed by atoms with van der Waals surface area (Å²) >= 11 is 0. The number of rotatable bonds is 2. The van der Waals surface area contributed by atoms with Gasteiger partial charge in [-0.2, -0.15) is 0 Å². The fraction of sp³-hybridized carbons (Fsp3) is 1.00. The van der Waals surface area contributed by atoms with Gasteiger partial charge < -0.3 is 5.11 Å². The van der Waals surface area contributed by atoms with Crippen LogP contribution in [-0.4, -0.2) is 35.2 Å². The van der Waals surface area contributed by atoms with Crippen LogP contribution < -0.4 is 0 Å². The third kappa shape index (κ3) is 3.76. The first-order valence-corrected chi connectivity index (χ1v) is 8.69. The lowest BCUT2D eigenvalue weighted by atomic mass is 9.69. The topological polar surface area (TPSA) is 23.5 Å². The number of hydrogen-bond acceptors (Lipinski definition) is 2. The SMILES string of the molecule is CC1CCC(N(C)C2CC(C(C)(C)C)CCC2O)CC1. The molecule has 0 radical (unpaired) electrons. The molecule has 0 bridgehead atoms. The zero-order chi connectivity index (χ0) is 14.9. The zero-order valence-corrected chi connectivity index (χ0v) is 14.2. The highest BCUT2D eigenvalue weighted by atomic mass is 16.3. The summed E-state index contributed by atoms with van der Waals surface area (Å²) in [6.45, 7) is 9.44. The van der Waals surface area contributed by atoms with E-state index in [4.69, 9.17) is 0 Å². The predicted molar refractivity (Wildman–Crippen MR) is 85.8 cm³/mol. The van der Waals surface area contributed by atoms with Gasteiger partial charge in [0.05, 0.1) is 6.10 Å². The summed E-state index contributed by atoms with van der Waals surface area (Å²) in [6, 6.07) is 1.08. The summed E-state index contributed by atoms with van der Waals surface area (Å²) in [5, 5.41) is 10.5. The Balaban J connectivity index is 1.98. The van der Waals surface area contributed by atoms with Crippen LogP contribution in [0.5, 0.6) is 0 Å². The van der Waals surface area contributed by atoms with E-state index >= 15 is 0 Å². The minimum atomic E-state index is -0.113. The van der Waals surface area contributed by atoms with Crippen molar-refractivity contribution in [1.82, 2.24) is 4.90 Å². The molecule has 2 aliphatic rings. The molecule has 3 unspecified atom stereocenters. The Morgan fingerprint density at radius 1 is 0.950 bits per heavy atom. The van der Waals surface area contributed by atoms with Crippen LogP contribution >= 0.6 is 0 Å². The van der Waals surface area contributed by atoms with Crippen molar-refractivity contribution in [3.8, 4) is 0 Å². The zero-order valence-electron chi connectivity index (χ0n) is 14.2. The molecular formula is C18H35NO. The number of hydrogen-bond donors (Lipinski definition) is 1. The lowest BCUT2D eigenvalue weighted by molar-refractivity contribution is -0.0294. The predicted octanol–water partition coefficient (Wildman–Crippen LogP) is 4.07. The van der Waals surface area contributed by atoms with Crippen LogP contribution in [0, 0.1) is 17.3 Å². The number of aliphatic hydroxyl groups excluding tert-OH is 1. The molecule has 2 aliphatic carbocycles. The lowest BCUT2D eigenvalue weighted by Crippen LogP contribution is -2.51. The van der Waals surface area contributed by atoms with Crippen LogP contribution in [0.25, 0.3) is 0 Å². The Bertz CT molecular complexity index is 301. The molecule has 2 fully saturated rings. The first-order chi connectivity index (χ1) is 9.29. The largest absolute Gasteiger partial charge is 0.391 e. The van der Waals surface area contributed by atoms with E-state index in [1.165, 1.54) is 38.5 Å². The molecule has 3 atom stereocenters. The number of aliphatic hydroxyl groups is 1. The van der Waals surface area contributed by atoms with E-state index in [0.29, 0.717) is 17.5 Å². The quantitative estimate of drug-likeness (QED) is 0.824. The van der Waals surface area contributed by atoms with E-state index in [1.807, 2.05) is 0 Å². The van der Waals surface area contributed by atoms with Gasteiger partial charge in [-0.15, -0.1) is 0 Å². The molecule has 0 amide bonds. The molecule has 0 heterocycles. The third-order valence-electron chi connectivity index (χ3n) is 6.09. The summed E-state index contributed by atoms with van der Waals surface area (Å²) in [4.78, 5) is 2.54. The summed E-state index contributed by atoms with van der Waals surface area (Å²) in [5.41, 5.74) is 0.375. The molecule has 1 N–H and O–H groups in total. The van der Waals surface area contributed by atoms with Gasteiger partial charge in [0.25, 0.3) is 0 Å². The molecule has 2 nitrogen and oxygen atoms in total. The first-order valence-electron chi connectivity index (χ1n) is 8.69. The normalized spacial score (nSPS) is 40.0. The maximum atomic E-state index is 10.5. The highest BCUT2D eigenvalue weighted by Gasteiger charge is 2.38. The van der Waals surface area contributed by atoms with E-state index < -0.39 is 0 Å². The second kappa shape index (κ2) is 6.36. The van der Waals surface area contributed by atoms with Crippen molar-refractivity contribution in [1.29, 1.82) is 0 Å².